The Bertz CT molecular complexity index is 1050. The molecule has 7 nitrogen and oxygen atoms in total. The topological polar surface area (TPSA) is 98.0 Å². The second kappa shape index (κ2) is 9.14. The van der Waals surface area contributed by atoms with E-state index in [4.69, 9.17) is 18.6 Å². The summed E-state index contributed by atoms with van der Waals surface area (Å²) in [6.07, 6.45) is -0.362. The molecule has 0 fully saturated rings. The Labute approximate surface area is 183 Å². The van der Waals surface area contributed by atoms with Crippen LogP contribution in [0.25, 0.3) is 22.3 Å². The third kappa shape index (κ3) is 4.16. The summed E-state index contributed by atoms with van der Waals surface area (Å²) in [5.74, 6) is 0.195. The average Bonchev–Trinajstić information content (AvgIpc) is 2.66. The van der Waals surface area contributed by atoms with E-state index < -0.39 is 5.97 Å². The average molecular weight is 392 g/mol. The molecule has 0 aliphatic carbocycles. The van der Waals surface area contributed by atoms with Gasteiger partial charge in [-0.2, -0.15) is 0 Å². The zero-order valence-electron chi connectivity index (χ0n) is 16.0. The first kappa shape index (κ1) is 21.8. The molecule has 0 atom stereocenters. The maximum Gasteiger partial charge on any atom is 1.00 e. The largest absolute Gasteiger partial charge is 1.00 e. The van der Waals surface area contributed by atoms with Crippen LogP contribution in [0.1, 0.15) is 5.56 Å². The van der Waals surface area contributed by atoms with E-state index in [-0.39, 0.29) is 52.8 Å². The van der Waals surface area contributed by atoms with Gasteiger partial charge in [-0.25, -0.2) is 0 Å². The third-order valence-electron chi connectivity index (χ3n) is 4.12. The van der Waals surface area contributed by atoms with Crippen molar-refractivity contribution in [1.82, 2.24) is 0 Å². The van der Waals surface area contributed by atoms with Crippen molar-refractivity contribution < 1.29 is 58.1 Å². The molecule has 2 aromatic carbocycles. The first-order valence-corrected chi connectivity index (χ1v) is 8.04. The van der Waals surface area contributed by atoms with Crippen molar-refractivity contribution in [3.63, 3.8) is 0 Å². The SMILES string of the molecule is COc1cc(-c2cc(=O)c3cccc(CC(=O)[O-])c3o2)cc(OC)c1OC.[Na+]. The van der Waals surface area contributed by atoms with E-state index in [0.29, 0.717) is 33.8 Å². The molecule has 0 radical (unpaired) electrons. The number of carbonyl (C=O) groups excluding carboxylic acids is 1. The van der Waals surface area contributed by atoms with Crippen LogP contribution in [0.15, 0.2) is 45.6 Å². The first-order valence-electron chi connectivity index (χ1n) is 8.04. The maximum atomic E-state index is 12.5. The molecule has 0 amide bonds. The Morgan fingerprint density at radius 3 is 2.21 bits per heavy atom. The van der Waals surface area contributed by atoms with Crippen molar-refractivity contribution in [2.75, 3.05) is 21.3 Å². The molecule has 0 saturated heterocycles. The molecule has 8 heteroatoms. The molecule has 0 bridgehead atoms. The Balaban J connectivity index is 0.00000280. The van der Waals surface area contributed by atoms with Crippen LogP contribution in [-0.2, 0) is 11.2 Å². The van der Waals surface area contributed by atoms with Gasteiger partial charge in [0.25, 0.3) is 0 Å². The van der Waals surface area contributed by atoms with E-state index in [9.17, 15) is 14.7 Å². The van der Waals surface area contributed by atoms with E-state index in [1.165, 1.54) is 27.4 Å². The molecular weight excluding hydrogens is 375 g/mol. The number of aliphatic carboxylic acids is 1. The van der Waals surface area contributed by atoms with Crippen molar-refractivity contribution >= 4 is 16.9 Å². The second-order valence-electron chi connectivity index (χ2n) is 5.73. The summed E-state index contributed by atoms with van der Waals surface area (Å²) >= 11 is 0. The van der Waals surface area contributed by atoms with Crippen LogP contribution in [0.5, 0.6) is 17.2 Å². The summed E-state index contributed by atoms with van der Waals surface area (Å²) in [5, 5.41) is 11.3. The smallest absolute Gasteiger partial charge is 0.550 e. The summed E-state index contributed by atoms with van der Waals surface area (Å²) in [6.45, 7) is 0. The number of rotatable bonds is 6. The van der Waals surface area contributed by atoms with Crippen LogP contribution >= 0.6 is 0 Å². The maximum absolute atomic E-state index is 12.5. The summed E-state index contributed by atoms with van der Waals surface area (Å²) < 4.78 is 21.8. The Morgan fingerprint density at radius 1 is 1.04 bits per heavy atom. The zero-order valence-corrected chi connectivity index (χ0v) is 18.0. The van der Waals surface area contributed by atoms with Gasteiger partial charge >= 0.3 is 29.6 Å². The Hall–Kier alpha value is -2.48. The molecule has 0 spiro atoms. The number of para-hydroxylation sites is 1. The molecule has 28 heavy (non-hydrogen) atoms. The van der Waals surface area contributed by atoms with Crippen LogP contribution in [0.2, 0.25) is 0 Å². The number of fused-ring (bicyclic) bond motifs is 1. The predicted octanol–water partition coefficient (Wildman–Crippen LogP) is -1.22. The number of carboxylic acid groups (broad SMARTS) is 1. The van der Waals surface area contributed by atoms with Crippen molar-refractivity contribution in [2.45, 2.75) is 6.42 Å². The molecule has 0 N–H and O–H groups in total. The summed E-state index contributed by atoms with van der Waals surface area (Å²) in [4.78, 5) is 23.5. The molecule has 140 valence electrons. The van der Waals surface area contributed by atoms with Crippen LogP contribution in [0.3, 0.4) is 0 Å². The Morgan fingerprint density at radius 2 is 1.68 bits per heavy atom. The number of hydrogen-bond acceptors (Lipinski definition) is 7. The second-order valence-corrected chi connectivity index (χ2v) is 5.73. The van der Waals surface area contributed by atoms with Crippen molar-refractivity contribution in [3.05, 3.63) is 52.2 Å². The fraction of sp³-hybridized carbons (Fsp3) is 0.200. The molecule has 0 unspecified atom stereocenters. The minimum absolute atomic E-state index is 0. The molecule has 3 aromatic rings. The first-order chi connectivity index (χ1) is 13.0. The fourth-order valence-corrected chi connectivity index (χ4v) is 2.90. The van der Waals surface area contributed by atoms with Gasteiger partial charge in [-0.05, 0) is 18.2 Å². The minimum atomic E-state index is -1.26. The normalized spacial score (nSPS) is 10.2. The van der Waals surface area contributed by atoms with Gasteiger partial charge in [0, 0.05) is 29.6 Å². The Kier molecular flexibility index (Phi) is 7.12. The van der Waals surface area contributed by atoms with Gasteiger partial charge in [0.05, 0.1) is 26.7 Å². The van der Waals surface area contributed by atoms with Crippen molar-refractivity contribution in [1.29, 1.82) is 0 Å². The number of carbonyl (C=O) groups is 1. The molecule has 1 aromatic heterocycles. The van der Waals surface area contributed by atoms with E-state index >= 15 is 0 Å². The number of carboxylic acids is 1. The summed E-state index contributed by atoms with van der Waals surface area (Å²) in [6, 6.07) is 9.40. The van der Waals surface area contributed by atoms with Crippen LogP contribution in [0.4, 0.5) is 0 Å². The van der Waals surface area contributed by atoms with Crippen LogP contribution in [-0.4, -0.2) is 27.3 Å². The molecule has 0 aliphatic rings. The number of hydrogen-bond donors (Lipinski definition) is 0. The van der Waals surface area contributed by atoms with Gasteiger partial charge in [0.2, 0.25) is 5.75 Å². The molecule has 1 heterocycles. The third-order valence-corrected chi connectivity index (χ3v) is 4.12. The van der Waals surface area contributed by atoms with E-state index in [2.05, 4.69) is 0 Å². The molecule has 0 saturated carbocycles. The van der Waals surface area contributed by atoms with Gasteiger partial charge in [0.1, 0.15) is 11.3 Å². The summed E-state index contributed by atoms with van der Waals surface area (Å²) in [5.41, 5.74) is 0.795. The van der Waals surface area contributed by atoms with Gasteiger partial charge in [-0.1, -0.05) is 12.1 Å². The monoisotopic (exact) mass is 392 g/mol. The minimum Gasteiger partial charge on any atom is -0.550 e. The predicted molar refractivity (Wildman–Crippen MR) is 96.3 cm³/mol. The number of benzene rings is 2. The quantitative estimate of drug-likeness (QED) is 0.485. The fourth-order valence-electron chi connectivity index (χ4n) is 2.90. The van der Waals surface area contributed by atoms with Gasteiger partial charge in [-0.15, -0.1) is 0 Å². The van der Waals surface area contributed by atoms with Gasteiger partial charge in [0.15, 0.2) is 16.9 Å². The van der Waals surface area contributed by atoms with Crippen LogP contribution in [0, 0.1) is 0 Å². The zero-order chi connectivity index (χ0) is 19.6. The number of methoxy groups -OCH3 is 3. The van der Waals surface area contributed by atoms with Gasteiger partial charge < -0.3 is 28.5 Å². The van der Waals surface area contributed by atoms with Crippen molar-refractivity contribution in [3.8, 4) is 28.6 Å². The standard InChI is InChI=1S/C20H18O7.Na/c1-24-16-7-12(8-17(25-2)20(16)26-3)15-10-14(21)13-6-4-5-11(9-18(22)23)19(13)27-15;/h4-8,10H,9H2,1-3H3,(H,22,23);/q;+1/p-1. The van der Waals surface area contributed by atoms with Gasteiger partial charge in [-0.3, -0.25) is 4.79 Å². The molecule has 0 aliphatic heterocycles. The van der Waals surface area contributed by atoms with E-state index in [0.717, 1.165) is 0 Å². The molecular formula is C20H17NaO7. The summed E-state index contributed by atoms with van der Waals surface area (Å²) in [7, 11) is 4.45. The molecule has 3 rings (SSSR count). The van der Waals surface area contributed by atoms with Crippen molar-refractivity contribution in [2.24, 2.45) is 0 Å². The van der Waals surface area contributed by atoms with E-state index in [1.54, 1.807) is 30.3 Å². The van der Waals surface area contributed by atoms with Crippen LogP contribution < -0.4 is 54.3 Å². The van der Waals surface area contributed by atoms with E-state index in [1.807, 2.05) is 0 Å². The number of ether oxygens (including phenoxy) is 3.